The number of H-pyrrole nitrogens is 1. The van der Waals surface area contributed by atoms with Crippen LogP contribution in [0.2, 0.25) is 0 Å². The van der Waals surface area contributed by atoms with Crippen molar-refractivity contribution in [1.82, 2.24) is 15.1 Å². The number of aromatic amines is 1. The number of nitrogens with zero attached hydrogens (tertiary/aromatic N) is 2. The van der Waals surface area contributed by atoms with E-state index in [2.05, 4.69) is 10.2 Å². The number of aromatic nitrogens is 2. The van der Waals surface area contributed by atoms with E-state index in [-0.39, 0.29) is 5.82 Å². The molecular weight excluding hydrogens is 247 g/mol. The minimum absolute atomic E-state index is 0.269. The maximum atomic E-state index is 13.3. The molecule has 19 heavy (non-hydrogen) atoms. The Bertz CT molecular complexity index is 555. The highest BCUT2D eigenvalue weighted by molar-refractivity contribution is 5.34. The third-order valence-corrected chi connectivity index (χ3v) is 2.77. The molecule has 0 amide bonds. The molecule has 0 unspecified atom stereocenters. The molecule has 0 atom stereocenters. The molecule has 0 aliphatic carbocycles. The summed E-state index contributed by atoms with van der Waals surface area (Å²) in [5.41, 5.74) is 7.26. The van der Waals surface area contributed by atoms with E-state index in [1.165, 1.54) is 12.1 Å². The van der Waals surface area contributed by atoms with Crippen molar-refractivity contribution in [3.63, 3.8) is 0 Å². The Morgan fingerprint density at radius 3 is 2.79 bits per heavy atom. The van der Waals surface area contributed by atoms with Crippen LogP contribution in [0.3, 0.4) is 0 Å². The lowest BCUT2D eigenvalue weighted by Gasteiger charge is -2.17. The summed E-state index contributed by atoms with van der Waals surface area (Å²) in [6.07, 6.45) is 0. The van der Waals surface area contributed by atoms with Crippen molar-refractivity contribution in [1.29, 1.82) is 0 Å². The summed E-state index contributed by atoms with van der Waals surface area (Å²) in [5.74, 6) is 0.874. The molecule has 3 N–H and O–H groups in total. The van der Waals surface area contributed by atoms with Gasteiger partial charge in [0.1, 0.15) is 17.4 Å². The number of anilines is 1. The Hall–Kier alpha value is -2.08. The van der Waals surface area contributed by atoms with Crippen molar-refractivity contribution in [3.05, 3.63) is 41.3 Å². The fourth-order valence-corrected chi connectivity index (χ4v) is 1.97. The first-order chi connectivity index (χ1) is 9.08. The van der Waals surface area contributed by atoms with Crippen LogP contribution in [0.5, 0.6) is 5.75 Å². The zero-order valence-electron chi connectivity index (χ0n) is 11.0. The maximum absolute atomic E-state index is 13.3. The van der Waals surface area contributed by atoms with E-state index in [1.54, 1.807) is 19.2 Å². The molecule has 6 heteroatoms. The van der Waals surface area contributed by atoms with Crippen LogP contribution in [-0.2, 0) is 13.1 Å². The largest absolute Gasteiger partial charge is 0.496 e. The molecule has 0 aliphatic rings. The third kappa shape index (κ3) is 3.45. The van der Waals surface area contributed by atoms with Gasteiger partial charge in [0.2, 0.25) is 0 Å². The quantitative estimate of drug-likeness (QED) is 0.863. The molecule has 0 bridgehead atoms. The molecular formula is C13H17FN4O. The van der Waals surface area contributed by atoms with Gasteiger partial charge in [-0.25, -0.2) is 4.39 Å². The van der Waals surface area contributed by atoms with Gasteiger partial charge in [-0.1, -0.05) is 0 Å². The topological polar surface area (TPSA) is 67.2 Å². The molecule has 1 aromatic carbocycles. The Morgan fingerprint density at radius 1 is 1.37 bits per heavy atom. The van der Waals surface area contributed by atoms with Gasteiger partial charge >= 0.3 is 0 Å². The third-order valence-electron chi connectivity index (χ3n) is 2.77. The van der Waals surface area contributed by atoms with Gasteiger partial charge in [-0.2, -0.15) is 5.10 Å². The van der Waals surface area contributed by atoms with E-state index in [4.69, 9.17) is 10.5 Å². The molecule has 2 rings (SSSR count). The van der Waals surface area contributed by atoms with E-state index >= 15 is 0 Å². The van der Waals surface area contributed by atoms with Gasteiger partial charge in [0.05, 0.1) is 12.8 Å². The number of halogens is 1. The Labute approximate surface area is 111 Å². The van der Waals surface area contributed by atoms with Crippen LogP contribution >= 0.6 is 0 Å². The van der Waals surface area contributed by atoms with Crippen LogP contribution in [0.25, 0.3) is 0 Å². The average Bonchev–Trinajstić information content (AvgIpc) is 2.75. The first-order valence-electron chi connectivity index (χ1n) is 5.89. The summed E-state index contributed by atoms with van der Waals surface area (Å²) < 4.78 is 18.5. The van der Waals surface area contributed by atoms with Crippen molar-refractivity contribution in [3.8, 4) is 5.75 Å². The zero-order chi connectivity index (χ0) is 13.8. The Balaban J connectivity index is 2.05. The second kappa shape index (κ2) is 5.71. The molecule has 0 fully saturated rings. The van der Waals surface area contributed by atoms with Crippen LogP contribution in [0.1, 0.15) is 11.3 Å². The number of nitrogens with two attached hydrogens (primary N) is 1. The lowest BCUT2D eigenvalue weighted by atomic mass is 10.2. The number of ether oxygens (including phenoxy) is 1. The van der Waals surface area contributed by atoms with Crippen molar-refractivity contribution in [2.45, 2.75) is 13.1 Å². The molecule has 1 aromatic heterocycles. The SMILES string of the molecule is COc1ccc(F)cc1CN(C)Cc1cc(N)n[nH]1. The van der Waals surface area contributed by atoms with Crippen molar-refractivity contribution < 1.29 is 9.13 Å². The molecule has 0 radical (unpaired) electrons. The first kappa shape index (κ1) is 13.4. The minimum Gasteiger partial charge on any atom is -0.496 e. The highest BCUT2D eigenvalue weighted by Gasteiger charge is 2.09. The molecule has 5 nitrogen and oxygen atoms in total. The highest BCUT2D eigenvalue weighted by atomic mass is 19.1. The van der Waals surface area contributed by atoms with E-state index in [1.807, 2.05) is 11.9 Å². The fourth-order valence-electron chi connectivity index (χ4n) is 1.97. The van der Waals surface area contributed by atoms with Gasteiger partial charge in [0, 0.05) is 24.7 Å². The minimum atomic E-state index is -0.269. The number of nitrogen functional groups attached to an aromatic ring is 1. The van der Waals surface area contributed by atoms with E-state index < -0.39 is 0 Å². The Morgan fingerprint density at radius 2 is 2.16 bits per heavy atom. The summed E-state index contributed by atoms with van der Waals surface area (Å²) >= 11 is 0. The average molecular weight is 264 g/mol. The van der Waals surface area contributed by atoms with Gasteiger partial charge < -0.3 is 10.5 Å². The van der Waals surface area contributed by atoms with Gasteiger partial charge in [0.25, 0.3) is 0 Å². The monoisotopic (exact) mass is 264 g/mol. The predicted molar refractivity (Wildman–Crippen MR) is 71.1 cm³/mol. The normalized spacial score (nSPS) is 10.9. The summed E-state index contributed by atoms with van der Waals surface area (Å²) in [6, 6.07) is 6.28. The summed E-state index contributed by atoms with van der Waals surface area (Å²) in [7, 11) is 3.51. The highest BCUT2D eigenvalue weighted by Crippen LogP contribution is 2.21. The van der Waals surface area contributed by atoms with Crippen LogP contribution in [0.15, 0.2) is 24.3 Å². The lowest BCUT2D eigenvalue weighted by Crippen LogP contribution is -2.18. The molecule has 1 heterocycles. The molecule has 102 valence electrons. The number of benzene rings is 1. The van der Waals surface area contributed by atoms with Crippen LogP contribution in [-0.4, -0.2) is 29.3 Å². The van der Waals surface area contributed by atoms with Crippen molar-refractivity contribution in [2.75, 3.05) is 19.9 Å². The molecule has 0 saturated heterocycles. The smallest absolute Gasteiger partial charge is 0.145 e. The summed E-state index contributed by atoms with van der Waals surface area (Å²) in [4.78, 5) is 2.02. The lowest BCUT2D eigenvalue weighted by molar-refractivity contribution is 0.305. The van der Waals surface area contributed by atoms with Crippen LogP contribution in [0.4, 0.5) is 10.2 Å². The van der Waals surface area contributed by atoms with Gasteiger partial charge in [-0.05, 0) is 25.2 Å². The van der Waals surface area contributed by atoms with E-state index in [9.17, 15) is 4.39 Å². The molecule has 2 aromatic rings. The molecule has 0 saturated carbocycles. The second-order valence-electron chi connectivity index (χ2n) is 4.45. The molecule has 0 aliphatic heterocycles. The second-order valence-corrected chi connectivity index (χ2v) is 4.45. The predicted octanol–water partition coefficient (Wildman–Crippen LogP) is 1.77. The maximum Gasteiger partial charge on any atom is 0.145 e. The Kier molecular flexibility index (Phi) is 4.01. The number of hydrogen-bond acceptors (Lipinski definition) is 4. The number of hydrogen-bond donors (Lipinski definition) is 2. The number of methoxy groups -OCH3 is 1. The van der Waals surface area contributed by atoms with Crippen LogP contribution < -0.4 is 10.5 Å². The number of rotatable bonds is 5. The van der Waals surface area contributed by atoms with Gasteiger partial charge in [0.15, 0.2) is 0 Å². The van der Waals surface area contributed by atoms with Gasteiger partial charge in [-0.15, -0.1) is 0 Å². The fraction of sp³-hybridized carbons (Fsp3) is 0.308. The van der Waals surface area contributed by atoms with Crippen molar-refractivity contribution in [2.24, 2.45) is 0 Å². The molecule has 0 spiro atoms. The van der Waals surface area contributed by atoms with Crippen molar-refractivity contribution >= 4 is 5.82 Å². The number of nitrogens with one attached hydrogen (secondary N) is 1. The van der Waals surface area contributed by atoms with Crippen LogP contribution in [0, 0.1) is 5.82 Å². The standard InChI is InChI=1S/C13H17FN4O/c1-18(8-11-6-13(15)17-16-11)7-9-5-10(14)3-4-12(9)19-2/h3-6H,7-8H2,1-2H3,(H3,15,16,17). The summed E-state index contributed by atoms with van der Waals surface area (Å²) in [5, 5.41) is 6.71. The van der Waals surface area contributed by atoms with Gasteiger partial charge in [-0.3, -0.25) is 10.00 Å². The van der Waals surface area contributed by atoms with E-state index in [0.717, 1.165) is 11.3 Å². The summed E-state index contributed by atoms with van der Waals surface area (Å²) in [6.45, 7) is 1.21. The first-order valence-corrected chi connectivity index (χ1v) is 5.89. The zero-order valence-corrected chi connectivity index (χ0v) is 11.0. The van der Waals surface area contributed by atoms with E-state index in [0.29, 0.717) is 24.7 Å².